The zero-order valence-electron chi connectivity index (χ0n) is 11.8. The SMILES string of the molecule is COCC(N)C(=O)N1CCOCC1Cc1ccccc1. The van der Waals surface area contributed by atoms with Crippen LogP contribution in [0.3, 0.4) is 0 Å². The third-order valence-corrected chi connectivity index (χ3v) is 3.49. The van der Waals surface area contributed by atoms with E-state index in [0.29, 0.717) is 19.8 Å². The van der Waals surface area contributed by atoms with Crippen LogP contribution in [0.2, 0.25) is 0 Å². The minimum atomic E-state index is -0.601. The quantitative estimate of drug-likeness (QED) is 0.848. The molecule has 1 aliphatic heterocycles. The molecule has 0 radical (unpaired) electrons. The van der Waals surface area contributed by atoms with Gasteiger partial charge in [-0.25, -0.2) is 0 Å². The summed E-state index contributed by atoms with van der Waals surface area (Å²) in [4.78, 5) is 14.2. The molecule has 0 spiro atoms. The predicted molar refractivity (Wildman–Crippen MR) is 76.3 cm³/mol. The van der Waals surface area contributed by atoms with E-state index in [-0.39, 0.29) is 18.6 Å². The van der Waals surface area contributed by atoms with Crippen LogP contribution >= 0.6 is 0 Å². The highest BCUT2D eigenvalue weighted by molar-refractivity contribution is 5.82. The number of nitrogens with zero attached hydrogens (tertiary/aromatic N) is 1. The lowest BCUT2D eigenvalue weighted by molar-refractivity contribution is -0.142. The maximum atomic E-state index is 12.4. The zero-order valence-corrected chi connectivity index (χ0v) is 11.8. The maximum Gasteiger partial charge on any atom is 0.242 e. The number of ether oxygens (including phenoxy) is 2. The fourth-order valence-electron chi connectivity index (χ4n) is 2.46. The molecule has 20 heavy (non-hydrogen) atoms. The minimum Gasteiger partial charge on any atom is -0.383 e. The fraction of sp³-hybridized carbons (Fsp3) is 0.533. The normalized spacial score (nSPS) is 20.7. The van der Waals surface area contributed by atoms with Crippen molar-refractivity contribution in [2.45, 2.75) is 18.5 Å². The van der Waals surface area contributed by atoms with Crippen molar-refractivity contribution in [1.29, 1.82) is 0 Å². The molecule has 1 fully saturated rings. The molecule has 1 saturated heterocycles. The molecule has 1 aromatic carbocycles. The number of carbonyl (C=O) groups excluding carboxylic acids is 1. The number of nitrogens with two attached hydrogens (primary N) is 1. The highest BCUT2D eigenvalue weighted by Gasteiger charge is 2.30. The van der Waals surface area contributed by atoms with E-state index < -0.39 is 6.04 Å². The molecule has 2 unspecified atom stereocenters. The number of carbonyl (C=O) groups is 1. The van der Waals surface area contributed by atoms with Crippen molar-refractivity contribution in [3.63, 3.8) is 0 Å². The monoisotopic (exact) mass is 278 g/mol. The number of morpholine rings is 1. The van der Waals surface area contributed by atoms with E-state index in [1.165, 1.54) is 5.56 Å². The van der Waals surface area contributed by atoms with Crippen molar-refractivity contribution < 1.29 is 14.3 Å². The van der Waals surface area contributed by atoms with Gasteiger partial charge >= 0.3 is 0 Å². The molecule has 5 heteroatoms. The summed E-state index contributed by atoms with van der Waals surface area (Å²) in [6.07, 6.45) is 0.784. The van der Waals surface area contributed by atoms with Gasteiger partial charge in [-0.05, 0) is 12.0 Å². The smallest absolute Gasteiger partial charge is 0.242 e. The second-order valence-corrected chi connectivity index (χ2v) is 5.01. The molecule has 0 saturated carbocycles. The van der Waals surface area contributed by atoms with Gasteiger partial charge in [0.05, 0.1) is 25.9 Å². The molecule has 1 aliphatic rings. The summed E-state index contributed by atoms with van der Waals surface area (Å²) in [5, 5.41) is 0. The first kappa shape index (κ1) is 15.0. The van der Waals surface area contributed by atoms with Gasteiger partial charge in [0.15, 0.2) is 0 Å². The standard InChI is InChI=1S/C15H22N2O3/c1-19-11-14(16)15(18)17-7-8-20-10-13(17)9-12-5-3-2-4-6-12/h2-6,13-14H,7-11,16H2,1H3. The summed E-state index contributed by atoms with van der Waals surface area (Å²) in [7, 11) is 1.55. The molecule has 1 amide bonds. The molecule has 1 aromatic rings. The van der Waals surface area contributed by atoms with Crippen molar-refractivity contribution >= 4 is 5.91 Å². The van der Waals surface area contributed by atoms with Crippen LogP contribution in [-0.2, 0) is 20.7 Å². The first-order valence-corrected chi connectivity index (χ1v) is 6.89. The predicted octanol–water partition coefficient (Wildman–Crippen LogP) is 0.430. The van der Waals surface area contributed by atoms with Crippen molar-refractivity contribution in [2.24, 2.45) is 5.73 Å². The number of methoxy groups -OCH3 is 1. The molecular weight excluding hydrogens is 256 g/mol. The average Bonchev–Trinajstić information content (AvgIpc) is 2.48. The van der Waals surface area contributed by atoms with Gasteiger partial charge in [-0.2, -0.15) is 0 Å². The first-order chi connectivity index (χ1) is 9.72. The molecular formula is C15H22N2O3. The highest BCUT2D eigenvalue weighted by atomic mass is 16.5. The van der Waals surface area contributed by atoms with Crippen LogP contribution in [0.5, 0.6) is 0 Å². The Hall–Kier alpha value is -1.43. The minimum absolute atomic E-state index is 0.0431. The lowest BCUT2D eigenvalue weighted by atomic mass is 10.0. The topological polar surface area (TPSA) is 64.8 Å². The number of amides is 1. The Morgan fingerprint density at radius 3 is 2.95 bits per heavy atom. The Kier molecular flexibility index (Phi) is 5.52. The van der Waals surface area contributed by atoms with E-state index >= 15 is 0 Å². The molecule has 0 aromatic heterocycles. The van der Waals surface area contributed by atoms with Crippen LogP contribution in [0.15, 0.2) is 30.3 Å². The van der Waals surface area contributed by atoms with Gasteiger partial charge in [0.1, 0.15) is 6.04 Å². The number of benzene rings is 1. The van der Waals surface area contributed by atoms with Crippen LogP contribution in [0, 0.1) is 0 Å². The van der Waals surface area contributed by atoms with E-state index in [9.17, 15) is 4.79 Å². The second kappa shape index (κ2) is 7.38. The van der Waals surface area contributed by atoms with Crippen LogP contribution in [0.1, 0.15) is 5.56 Å². The number of rotatable bonds is 5. The Balaban J connectivity index is 2.03. The van der Waals surface area contributed by atoms with Crippen LogP contribution in [-0.4, -0.2) is 56.4 Å². The van der Waals surface area contributed by atoms with Crippen molar-refractivity contribution in [1.82, 2.24) is 4.90 Å². The van der Waals surface area contributed by atoms with E-state index in [0.717, 1.165) is 6.42 Å². The number of hydrogen-bond acceptors (Lipinski definition) is 4. The van der Waals surface area contributed by atoms with Gasteiger partial charge in [-0.1, -0.05) is 30.3 Å². The fourth-order valence-corrected chi connectivity index (χ4v) is 2.46. The first-order valence-electron chi connectivity index (χ1n) is 6.89. The lowest BCUT2D eigenvalue weighted by Crippen LogP contribution is -2.55. The van der Waals surface area contributed by atoms with Gasteiger partial charge in [0.2, 0.25) is 5.91 Å². The van der Waals surface area contributed by atoms with Crippen molar-refractivity contribution in [3.8, 4) is 0 Å². The van der Waals surface area contributed by atoms with Crippen LogP contribution in [0.25, 0.3) is 0 Å². The van der Waals surface area contributed by atoms with Crippen LogP contribution in [0.4, 0.5) is 0 Å². The maximum absolute atomic E-state index is 12.4. The van der Waals surface area contributed by atoms with Gasteiger partial charge < -0.3 is 20.1 Å². The summed E-state index contributed by atoms with van der Waals surface area (Å²) in [5.74, 6) is -0.0592. The average molecular weight is 278 g/mol. The number of hydrogen-bond donors (Lipinski definition) is 1. The van der Waals surface area contributed by atoms with Crippen LogP contribution < -0.4 is 5.73 Å². The molecule has 2 rings (SSSR count). The summed E-state index contributed by atoms with van der Waals surface area (Å²) in [6, 6.07) is 9.55. The largest absolute Gasteiger partial charge is 0.383 e. The van der Waals surface area contributed by atoms with Gasteiger partial charge in [0, 0.05) is 13.7 Å². The third-order valence-electron chi connectivity index (χ3n) is 3.49. The van der Waals surface area contributed by atoms with Crippen molar-refractivity contribution in [3.05, 3.63) is 35.9 Å². The van der Waals surface area contributed by atoms with E-state index in [1.807, 2.05) is 23.1 Å². The Bertz CT molecular complexity index is 424. The van der Waals surface area contributed by atoms with E-state index in [4.69, 9.17) is 15.2 Å². The Morgan fingerprint density at radius 2 is 2.25 bits per heavy atom. The van der Waals surface area contributed by atoms with Gasteiger partial charge in [0.25, 0.3) is 0 Å². The van der Waals surface area contributed by atoms with E-state index in [2.05, 4.69) is 12.1 Å². The lowest BCUT2D eigenvalue weighted by Gasteiger charge is -2.37. The van der Waals surface area contributed by atoms with Gasteiger partial charge in [-0.3, -0.25) is 4.79 Å². The molecule has 2 atom stereocenters. The summed E-state index contributed by atoms with van der Waals surface area (Å²) < 4.78 is 10.5. The Morgan fingerprint density at radius 1 is 1.50 bits per heavy atom. The third kappa shape index (κ3) is 3.79. The molecule has 1 heterocycles. The van der Waals surface area contributed by atoms with Crippen molar-refractivity contribution in [2.75, 3.05) is 33.5 Å². The summed E-state index contributed by atoms with van der Waals surface area (Å²) in [6.45, 7) is 1.96. The molecule has 5 nitrogen and oxygen atoms in total. The summed E-state index contributed by atoms with van der Waals surface area (Å²) in [5.41, 5.74) is 7.05. The second-order valence-electron chi connectivity index (χ2n) is 5.01. The van der Waals surface area contributed by atoms with E-state index in [1.54, 1.807) is 7.11 Å². The zero-order chi connectivity index (χ0) is 14.4. The highest BCUT2D eigenvalue weighted by Crippen LogP contribution is 2.14. The molecule has 2 N–H and O–H groups in total. The molecule has 0 aliphatic carbocycles. The molecule has 0 bridgehead atoms. The molecule has 110 valence electrons. The summed E-state index contributed by atoms with van der Waals surface area (Å²) >= 11 is 0. The Labute approximate surface area is 119 Å². The van der Waals surface area contributed by atoms with Gasteiger partial charge in [-0.15, -0.1) is 0 Å².